The first kappa shape index (κ1) is 20.6. The topological polar surface area (TPSA) is 71.5 Å². The molecule has 0 spiro atoms. The maximum absolute atomic E-state index is 13.2. The van der Waals surface area contributed by atoms with E-state index in [2.05, 4.69) is 17.0 Å². The molecule has 2 aromatic rings. The van der Waals surface area contributed by atoms with Gasteiger partial charge in [0.25, 0.3) is 0 Å². The van der Waals surface area contributed by atoms with E-state index in [4.69, 9.17) is 0 Å². The van der Waals surface area contributed by atoms with Crippen molar-refractivity contribution in [1.82, 2.24) is 4.90 Å². The average Bonchev–Trinajstić information content (AvgIpc) is 3.06. The third-order valence-corrected chi connectivity index (χ3v) is 10.4. The molecule has 5 nitrogen and oxygen atoms in total. The highest BCUT2D eigenvalue weighted by Crippen LogP contribution is 2.32. The van der Waals surface area contributed by atoms with E-state index in [0.717, 1.165) is 32.4 Å². The minimum absolute atomic E-state index is 0.0624. The van der Waals surface area contributed by atoms with Crippen LogP contribution in [0.1, 0.15) is 18.4 Å². The number of hydrogen-bond donors (Lipinski definition) is 0. The molecule has 0 saturated carbocycles. The van der Waals surface area contributed by atoms with Crippen LogP contribution in [0.4, 0.5) is 0 Å². The zero-order valence-electron chi connectivity index (χ0n) is 16.4. The Labute approximate surface area is 173 Å². The van der Waals surface area contributed by atoms with E-state index in [1.807, 2.05) is 18.2 Å². The van der Waals surface area contributed by atoms with E-state index in [9.17, 15) is 16.8 Å². The fourth-order valence-corrected chi connectivity index (χ4v) is 9.51. The molecular weight excluding hydrogens is 406 g/mol. The molecule has 4 rings (SSSR count). The minimum Gasteiger partial charge on any atom is -0.298 e. The first-order valence-corrected chi connectivity index (χ1v) is 13.5. The van der Waals surface area contributed by atoms with Crippen LogP contribution in [0.2, 0.25) is 0 Å². The molecule has 0 amide bonds. The molecule has 29 heavy (non-hydrogen) atoms. The quantitative estimate of drug-likeness (QED) is 0.725. The number of sulfone groups is 2. The lowest BCUT2D eigenvalue weighted by Crippen LogP contribution is -2.49. The molecule has 0 radical (unpaired) electrons. The van der Waals surface area contributed by atoms with Crippen LogP contribution in [-0.2, 0) is 26.1 Å². The summed E-state index contributed by atoms with van der Waals surface area (Å²) in [5.74, 6) is 0.210. The molecule has 2 atom stereocenters. The summed E-state index contributed by atoms with van der Waals surface area (Å²) in [6.07, 6.45) is 2.94. The number of benzene rings is 2. The molecule has 2 aliphatic rings. The molecule has 156 valence electrons. The summed E-state index contributed by atoms with van der Waals surface area (Å²) in [7, 11) is -7.06. The summed E-state index contributed by atoms with van der Waals surface area (Å²) >= 11 is 0. The number of piperidine rings is 1. The smallest absolute Gasteiger partial charge is 0.183 e. The molecule has 2 aromatic carbocycles. The Morgan fingerprint density at radius 2 is 1.45 bits per heavy atom. The Morgan fingerprint density at radius 3 is 2.07 bits per heavy atom. The monoisotopic (exact) mass is 433 g/mol. The van der Waals surface area contributed by atoms with E-state index in [-0.39, 0.29) is 16.4 Å². The van der Waals surface area contributed by atoms with Crippen molar-refractivity contribution in [3.05, 3.63) is 66.2 Å². The molecule has 0 bridgehead atoms. The normalized spacial score (nSPS) is 25.8. The highest BCUT2D eigenvalue weighted by atomic mass is 32.2. The average molecular weight is 434 g/mol. The molecule has 0 aromatic heterocycles. The second kappa shape index (κ2) is 8.20. The molecule has 2 saturated heterocycles. The van der Waals surface area contributed by atoms with Crippen LogP contribution in [-0.4, -0.2) is 57.6 Å². The fraction of sp³-hybridized carbons (Fsp3) is 0.455. The van der Waals surface area contributed by atoms with Gasteiger partial charge in [0, 0.05) is 6.04 Å². The van der Waals surface area contributed by atoms with Crippen molar-refractivity contribution in [2.45, 2.75) is 35.4 Å². The van der Waals surface area contributed by atoms with Gasteiger partial charge in [-0.1, -0.05) is 48.5 Å². The predicted octanol–water partition coefficient (Wildman–Crippen LogP) is 2.58. The van der Waals surface area contributed by atoms with Crippen LogP contribution >= 0.6 is 0 Å². The van der Waals surface area contributed by atoms with Gasteiger partial charge >= 0.3 is 0 Å². The third kappa shape index (κ3) is 4.57. The second-order valence-corrected chi connectivity index (χ2v) is 12.5. The highest BCUT2D eigenvalue weighted by molar-refractivity contribution is 7.96. The SMILES string of the molecule is O=S1(=O)C[C@H](N2CCC(Cc3ccccc3)CC2)[C@@H](S(=O)(=O)c2ccccc2)C1. The lowest BCUT2D eigenvalue weighted by atomic mass is 9.89. The van der Waals surface area contributed by atoms with Crippen molar-refractivity contribution in [3.63, 3.8) is 0 Å². The lowest BCUT2D eigenvalue weighted by Gasteiger charge is -2.37. The van der Waals surface area contributed by atoms with Gasteiger partial charge < -0.3 is 0 Å². The Hall–Kier alpha value is -1.70. The van der Waals surface area contributed by atoms with Crippen LogP contribution in [0.15, 0.2) is 65.6 Å². The van der Waals surface area contributed by atoms with Gasteiger partial charge in [-0.05, 0) is 56.0 Å². The van der Waals surface area contributed by atoms with Gasteiger partial charge in [0.05, 0.1) is 21.7 Å². The predicted molar refractivity (Wildman–Crippen MR) is 114 cm³/mol. The minimum atomic E-state index is -3.69. The number of hydrogen-bond acceptors (Lipinski definition) is 5. The zero-order chi connectivity index (χ0) is 20.5. The van der Waals surface area contributed by atoms with Crippen molar-refractivity contribution >= 4 is 19.7 Å². The van der Waals surface area contributed by atoms with E-state index in [1.165, 1.54) is 5.56 Å². The molecular formula is C22H27NO4S2. The summed E-state index contributed by atoms with van der Waals surface area (Å²) in [4.78, 5) is 2.32. The first-order valence-electron chi connectivity index (χ1n) is 10.1. The van der Waals surface area contributed by atoms with Gasteiger partial charge in [-0.25, -0.2) is 16.8 Å². The van der Waals surface area contributed by atoms with Crippen LogP contribution in [0, 0.1) is 5.92 Å². The molecule has 2 fully saturated rings. The third-order valence-electron chi connectivity index (χ3n) is 6.23. The molecule has 0 N–H and O–H groups in total. The highest BCUT2D eigenvalue weighted by Gasteiger charge is 2.48. The maximum atomic E-state index is 13.2. The molecule has 2 heterocycles. The van der Waals surface area contributed by atoms with E-state index >= 15 is 0 Å². The molecule has 7 heteroatoms. The van der Waals surface area contributed by atoms with Crippen LogP contribution in [0.3, 0.4) is 0 Å². The van der Waals surface area contributed by atoms with Crippen molar-refractivity contribution in [3.8, 4) is 0 Å². The fourth-order valence-electron chi connectivity index (χ4n) is 4.65. The standard InChI is InChI=1S/C22H27NO4S2/c24-28(25)16-21(22(17-28)29(26,27)20-9-5-2-6-10-20)23-13-11-19(12-14-23)15-18-7-3-1-4-8-18/h1-10,19,21-22H,11-17H2/t21-,22-/m0/s1. The van der Waals surface area contributed by atoms with E-state index < -0.39 is 31.0 Å². The summed E-state index contributed by atoms with van der Waals surface area (Å²) in [5, 5.41) is -0.888. The summed E-state index contributed by atoms with van der Waals surface area (Å²) in [6.45, 7) is 1.50. The van der Waals surface area contributed by atoms with E-state index in [0.29, 0.717) is 5.92 Å². The van der Waals surface area contributed by atoms with Crippen molar-refractivity contribution < 1.29 is 16.8 Å². The summed E-state index contributed by atoms with van der Waals surface area (Å²) < 4.78 is 51.2. The van der Waals surface area contributed by atoms with Crippen molar-refractivity contribution in [2.24, 2.45) is 5.92 Å². The zero-order valence-corrected chi connectivity index (χ0v) is 18.0. The van der Waals surface area contributed by atoms with Gasteiger partial charge in [0.1, 0.15) is 0 Å². The Bertz CT molecular complexity index is 1030. The molecule has 0 unspecified atom stereocenters. The summed E-state index contributed by atoms with van der Waals surface area (Å²) in [5.41, 5.74) is 1.32. The number of nitrogens with zero attached hydrogens (tertiary/aromatic N) is 1. The Kier molecular flexibility index (Phi) is 5.82. The lowest BCUT2D eigenvalue weighted by molar-refractivity contribution is 0.144. The Morgan fingerprint density at radius 1 is 0.862 bits per heavy atom. The first-order chi connectivity index (χ1) is 13.9. The largest absolute Gasteiger partial charge is 0.298 e. The van der Waals surface area contributed by atoms with Crippen molar-refractivity contribution in [1.29, 1.82) is 0 Å². The van der Waals surface area contributed by atoms with Gasteiger partial charge in [-0.2, -0.15) is 0 Å². The number of rotatable bonds is 5. The maximum Gasteiger partial charge on any atom is 0.183 e. The number of likely N-dealkylation sites (tertiary alicyclic amines) is 1. The van der Waals surface area contributed by atoms with Crippen LogP contribution in [0.25, 0.3) is 0 Å². The van der Waals surface area contributed by atoms with Gasteiger partial charge in [-0.3, -0.25) is 4.90 Å². The molecule has 0 aliphatic carbocycles. The van der Waals surface area contributed by atoms with Crippen LogP contribution in [0.5, 0.6) is 0 Å². The van der Waals surface area contributed by atoms with Crippen molar-refractivity contribution in [2.75, 3.05) is 24.6 Å². The van der Waals surface area contributed by atoms with E-state index in [1.54, 1.807) is 30.3 Å². The van der Waals surface area contributed by atoms with Gasteiger partial charge in [0.2, 0.25) is 0 Å². The Balaban J connectivity index is 1.48. The second-order valence-electron chi connectivity index (χ2n) is 8.21. The van der Waals surface area contributed by atoms with Gasteiger partial charge in [0.15, 0.2) is 19.7 Å². The van der Waals surface area contributed by atoms with Crippen LogP contribution < -0.4 is 0 Å². The van der Waals surface area contributed by atoms with Gasteiger partial charge in [-0.15, -0.1) is 0 Å². The summed E-state index contributed by atoms with van der Waals surface area (Å²) in [6, 6.07) is 18.2. The molecule has 2 aliphatic heterocycles.